The molecule has 8 nitrogen and oxygen atoms in total. The number of aromatic nitrogens is 2. The Kier molecular flexibility index (Phi) is 6.06. The highest BCUT2D eigenvalue weighted by Gasteiger charge is 2.33. The van der Waals surface area contributed by atoms with E-state index < -0.39 is 5.91 Å². The first-order valence-electron chi connectivity index (χ1n) is 11.1. The predicted molar refractivity (Wildman–Crippen MR) is 130 cm³/mol. The van der Waals surface area contributed by atoms with Crippen molar-refractivity contribution in [1.29, 1.82) is 0 Å². The third kappa shape index (κ3) is 3.98. The van der Waals surface area contributed by atoms with E-state index in [1.807, 2.05) is 57.4 Å². The van der Waals surface area contributed by atoms with Gasteiger partial charge in [-0.1, -0.05) is 37.4 Å². The second-order valence-corrected chi connectivity index (χ2v) is 8.16. The summed E-state index contributed by atoms with van der Waals surface area (Å²) in [6, 6.07) is 11.5. The summed E-state index contributed by atoms with van der Waals surface area (Å²) in [5.74, 6) is -1.31. The summed E-state index contributed by atoms with van der Waals surface area (Å²) in [4.78, 5) is 41.2. The van der Waals surface area contributed by atoms with Crippen LogP contribution in [0.15, 0.2) is 67.1 Å². The molecule has 0 bridgehead atoms. The van der Waals surface area contributed by atoms with Crippen molar-refractivity contribution in [2.75, 3.05) is 13.1 Å². The Morgan fingerprint density at radius 1 is 1.12 bits per heavy atom. The van der Waals surface area contributed by atoms with E-state index in [1.165, 1.54) is 4.90 Å². The van der Waals surface area contributed by atoms with Crippen LogP contribution in [-0.2, 0) is 23.2 Å². The summed E-state index contributed by atoms with van der Waals surface area (Å²) in [5.41, 5.74) is 3.93. The maximum Gasteiger partial charge on any atom is 0.271 e. The number of amides is 3. The quantitative estimate of drug-likeness (QED) is 0.552. The number of carbonyl (C=O) groups is 3. The molecule has 1 N–H and O–H groups in total. The minimum absolute atomic E-state index is 0.0409. The van der Waals surface area contributed by atoms with E-state index in [-0.39, 0.29) is 29.8 Å². The van der Waals surface area contributed by atoms with E-state index in [0.29, 0.717) is 18.7 Å². The van der Waals surface area contributed by atoms with Crippen molar-refractivity contribution in [1.82, 2.24) is 24.9 Å². The summed E-state index contributed by atoms with van der Waals surface area (Å²) < 4.78 is 1.76. The number of hydrogen-bond donors (Lipinski definition) is 1. The van der Waals surface area contributed by atoms with Crippen molar-refractivity contribution in [3.05, 3.63) is 78.3 Å². The van der Waals surface area contributed by atoms with E-state index in [1.54, 1.807) is 15.6 Å². The van der Waals surface area contributed by atoms with Crippen LogP contribution in [0.1, 0.15) is 29.8 Å². The van der Waals surface area contributed by atoms with Gasteiger partial charge in [-0.2, -0.15) is 5.10 Å². The van der Waals surface area contributed by atoms with Crippen LogP contribution >= 0.6 is 0 Å². The summed E-state index contributed by atoms with van der Waals surface area (Å²) in [6.07, 6.45) is 1.95. The Bertz CT molecular complexity index is 1350. The minimum atomic E-state index is -0.636. The van der Waals surface area contributed by atoms with Crippen LogP contribution in [0.25, 0.3) is 22.0 Å². The molecule has 3 amide bonds. The topological polar surface area (TPSA) is 87.5 Å². The molecule has 1 aliphatic heterocycles. The smallest absolute Gasteiger partial charge is 0.271 e. The van der Waals surface area contributed by atoms with E-state index >= 15 is 0 Å². The number of hydrogen-bond acceptors (Lipinski definition) is 4. The molecule has 34 heavy (non-hydrogen) atoms. The molecule has 8 heteroatoms. The van der Waals surface area contributed by atoms with Gasteiger partial charge in [0.25, 0.3) is 17.7 Å². The largest absolute Gasteiger partial charge is 0.338 e. The highest BCUT2D eigenvalue weighted by molar-refractivity contribution is 6.08. The van der Waals surface area contributed by atoms with Gasteiger partial charge in [0.05, 0.1) is 17.8 Å². The monoisotopic (exact) mass is 457 g/mol. The fourth-order valence-corrected chi connectivity index (χ4v) is 4.22. The summed E-state index contributed by atoms with van der Waals surface area (Å²) in [7, 11) is 1.87. The molecular formula is C26H27N5O3. The molecule has 0 aliphatic carbocycles. The number of likely N-dealkylation sites (N-methyl/N-ethyl adjacent to an activating group) is 1. The van der Waals surface area contributed by atoms with Crippen LogP contribution in [0.2, 0.25) is 0 Å². The molecule has 0 unspecified atom stereocenters. The number of benzene rings is 2. The molecule has 2 heterocycles. The fraction of sp³-hybridized carbons (Fsp3) is 0.231. The van der Waals surface area contributed by atoms with Crippen molar-refractivity contribution in [2.45, 2.75) is 20.4 Å². The van der Waals surface area contributed by atoms with Crippen LogP contribution in [0.5, 0.6) is 0 Å². The molecule has 0 saturated carbocycles. The Morgan fingerprint density at radius 3 is 2.53 bits per heavy atom. The first kappa shape index (κ1) is 23.0. The molecule has 0 fully saturated rings. The standard InChI is InChI=1S/C26H27N5O3/c1-6-30(7-2)25(33)16(3)27-24(32)17(4)31-15-22-20(9-8-10-21(22)26(31)34)18-11-12-19-14-29(5)28-23(19)13-18/h8-14H,3-4,6-7,15H2,1-2,5H3,(H,27,32). The molecule has 0 radical (unpaired) electrons. The molecule has 0 atom stereocenters. The van der Waals surface area contributed by atoms with Gasteiger partial charge in [-0.3, -0.25) is 24.0 Å². The SMILES string of the molecule is C=C(NC(=O)C(=C)N1Cc2c(cccc2-c2ccc3cn(C)nc3c2)C1=O)C(=O)N(CC)CC. The van der Waals surface area contributed by atoms with Crippen molar-refractivity contribution in [3.8, 4) is 11.1 Å². The molecule has 1 aliphatic rings. The Labute approximate surface area is 198 Å². The van der Waals surface area contributed by atoms with Gasteiger partial charge < -0.3 is 10.2 Å². The Balaban J connectivity index is 1.56. The van der Waals surface area contributed by atoms with Crippen molar-refractivity contribution in [2.24, 2.45) is 7.05 Å². The molecule has 3 aromatic rings. The normalized spacial score (nSPS) is 12.6. The van der Waals surface area contributed by atoms with Gasteiger partial charge >= 0.3 is 0 Å². The first-order valence-corrected chi connectivity index (χ1v) is 11.1. The lowest BCUT2D eigenvalue weighted by Crippen LogP contribution is -2.40. The van der Waals surface area contributed by atoms with Gasteiger partial charge in [-0.05, 0) is 42.7 Å². The summed E-state index contributed by atoms with van der Waals surface area (Å²) in [6.45, 7) is 12.4. The second kappa shape index (κ2) is 8.97. The average Bonchev–Trinajstić information content (AvgIpc) is 3.37. The lowest BCUT2D eigenvalue weighted by atomic mass is 9.96. The van der Waals surface area contributed by atoms with Gasteiger partial charge in [0.1, 0.15) is 5.70 Å². The fourth-order valence-electron chi connectivity index (χ4n) is 4.22. The number of nitrogens with zero attached hydrogens (tertiary/aromatic N) is 4. The lowest BCUT2D eigenvalue weighted by molar-refractivity contribution is -0.129. The van der Waals surface area contributed by atoms with Gasteiger partial charge in [0.2, 0.25) is 0 Å². The number of aryl methyl sites for hydroxylation is 1. The van der Waals surface area contributed by atoms with Crippen LogP contribution in [0.4, 0.5) is 0 Å². The third-order valence-electron chi connectivity index (χ3n) is 6.06. The molecular weight excluding hydrogens is 430 g/mol. The number of fused-ring (bicyclic) bond motifs is 2. The molecule has 0 spiro atoms. The zero-order valence-electron chi connectivity index (χ0n) is 19.6. The maximum absolute atomic E-state index is 13.1. The van der Waals surface area contributed by atoms with Gasteiger partial charge in [-0.25, -0.2) is 0 Å². The van der Waals surface area contributed by atoms with Crippen molar-refractivity contribution >= 4 is 28.6 Å². The zero-order chi connectivity index (χ0) is 24.6. The summed E-state index contributed by atoms with van der Waals surface area (Å²) >= 11 is 0. The molecule has 0 saturated heterocycles. The van der Waals surface area contributed by atoms with Gasteiger partial charge in [0.15, 0.2) is 0 Å². The lowest BCUT2D eigenvalue weighted by Gasteiger charge is -2.22. The van der Waals surface area contributed by atoms with E-state index in [4.69, 9.17) is 0 Å². The second-order valence-electron chi connectivity index (χ2n) is 8.16. The van der Waals surface area contributed by atoms with Crippen LogP contribution in [0.3, 0.4) is 0 Å². The molecule has 4 rings (SSSR count). The van der Waals surface area contributed by atoms with E-state index in [0.717, 1.165) is 27.6 Å². The van der Waals surface area contributed by atoms with E-state index in [2.05, 4.69) is 23.6 Å². The maximum atomic E-state index is 13.1. The molecule has 174 valence electrons. The van der Waals surface area contributed by atoms with Crippen LogP contribution < -0.4 is 5.32 Å². The zero-order valence-corrected chi connectivity index (χ0v) is 19.6. The van der Waals surface area contributed by atoms with Crippen molar-refractivity contribution in [3.63, 3.8) is 0 Å². The van der Waals surface area contributed by atoms with Gasteiger partial charge in [-0.15, -0.1) is 0 Å². The Hall–Kier alpha value is -4.20. The number of carbonyl (C=O) groups excluding carboxylic acids is 3. The van der Waals surface area contributed by atoms with Crippen LogP contribution in [-0.4, -0.2) is 50.4 Å². The Morgan fingerprint density at radius 2 is 1.82 bits per heavy atom. The highest BCUT2D eigenvalue weighted by atomic mass is 16.2. The summed E-state index contributed by atoms with van der Waals surface area (Å²) in [5, 5.41) is 8.00. The molecule has 1 aromatic heterocycles. The highest BCUT2D eigenvalue weighted by Crippen LogP contribution is 2.35. The van der Waals surface area contributed by atoms with Crippen molar-refractivity contribution < 1.29 is 14.4 Å². The van der Waals surface area contributed by atoms with Gasteiger partial charge in [0, 0.05) is 37.3 Å². The third-order valence-corrected chi connectivity index (χ3v) is 6.06. The predicted octanol–water partition coefficient (Wildman–Crippen LogP) is 3.21. The average molecular weight is 458 g/mol. The first-order chi connectivity index (χ1) is 16.2. The van der Waals surface area contributed by atoms with Crippen LogP contribution in [0, 0.1) is 0 Å². The number of rotatable bonds is 7. The van der Waals surface area contributed by atoms with E-state index in [9.17, 15) is 14.4 Å². The molecule has 2 aromatic carbocycles. The number of nitrogens with one attached hydrogen (secondary N) is 1. The minimum Gasteiger partial charge on any atom is -0.338 e.